The molecule has 2 rings (SSSR count). The van der Waals surface area contributed by atoms with Crippen molar-refractivity contribution in [2.75, 3.05) is 26.8 Å². The van der Waals surface area contributed by atoms with E-state index in [1.807, 2.05) is 24.3 Å². The molecule has 0 radical (unpaired) electrons. The van der Waals surface area contributed by atoms with Crippen LogP contribution in [-0.4, -0.2) is 47.6 Å². The fourth-order valence-corrected chi connectivity index (χ4v) is 2.32. The van der Waals surface area contributed by atoms with Gasteiger partial charge in [0.25, 0.3) is 0 Å². The third-order valence-corrected chi connectivity index (χ3v) is 3.31. The number of para-hydroxylation sites is 2. The number of hydrogen-bond donors (Lipinski definition) is 2. The molecule has 0 spiro atoms. The predicted octanol–water partition coefficient (Wildman–Crippen LogP) is 1.20. The molecule has 0 aliphatic rings. The summed E-state index contributed by atoms with van der Waals surface area (Å²) < 4.78 is 7.07. The minimum atomic E-state index is -0.435. The van der Waals surface area contributed by atoms with Crippen LogP contribution in [0.15, 0.2) is 24.3 Å². The zero-order chi connectivity index (χ0) is 14.4. The first-order chi connectivity index (χ1) is 9.76. The summed E-state index contributed by atoms with van der Waals surface area (Å²) in [5, 5.41) is 13.3. The number of imidazole rings is 1. The maximum absolute atomic E-state index is 10.1. The van der Waals surface area contributed by atoms with Crippen molar-refractivity contribution in [1.82, 2.24) is 14.9 Å². The van der Waals surface area contributed by atoms with E-state index in [1.165, 1.54) is 0 Å². The van der Waals surface area contributed by atoms with Gasteiger partial charge in [-0.15, -0.1) is 0 Å². The third kappa shape index (κ3) is 3.56. The van der Waals surface area contributed by atoms with Crippen molar-refractivity contribution in [3.8, 4) is 0 Å². The molecule has 20 heavy (non-hydrogen) atoms. The largest absolute Gasteiger partial charge is 0.390 e. The lowest BCUT2D eigenvalue weighted by Crippen LogP contribution is -2.32. The molecule has 5 nitrogen and oxygen atoms in total. The van der Waals surface area contributed by atoms with Crippen LogP contribution in [0.25, 0.3) is 11.0 Å². The molecular weight excluding hydrogens is 254 g/mol. The van der Waals surface area contributed by atoms with Crippen molar-refractivity contribution in [2.24, 2.45) is 0 Å². The molecule has 2 N–H and O–H groups in total. The summed E-state index contributed by atoms with van der Waals surface area (Å²) in [6, 6.07) is 8.05. The number of rotatable bonds is 8. The highest BCUT2D eigenvalue weighted by Crippen LogP contribution is 2.16. The van der Waals surface area contributed by atoms with Gasteiger partial charge in [0.1, 0.15) is 5.82 Å². The van der Waals surface area contributed by atoms with E-state index in [4.69, 9.17) is 4.74 Å². The van der Waals surface area contributed by atoms with Gasteiger partial charge in [0, 0.05) is 26.6 Å². The van der Waals surface area contributed by atoms with Crippen LogP contribution in [0.4, 0.5) is 0 Å². The molecular formula is C15H23N3O2. The number of nitrogens with one attached hydrogen (secondary N) is 1. The molecule has 1 aromatic carbocycles. The Bertz CT molecular complexity index is 539. The molecule has 1 atom stereocenters. The van der Waals surface area contributed by atoms with E-state index in [9.17, 15) is 5.11 Å². The quantitative estimate of drug-likeness (QED) is 0.712. The minimum Gasteiger partial charge on any atom is -0.390 e. The Morgan fingerprint density at radius 1 is 1.40 bits per heavy atom. The van der Waals surface area contributed by atoms with Gasteiger partial charge in [-0.05, 0) is 12.1 Å². The Labute approximate surface area is 119 Å². The fraction of sp³-hybridized carbons (Fsp3) is 0.533. The van der Waals surface area contributed by atoms with Crippen LogP contribution >= 0.6 is 0 Å². The highest BCUT2D eigenvalue weighted by molar-refractivity contribution is 5.75. The number of methoxy groups -OCH3 is 1. The van der Waals surface area contributed by atoms with Crippen molar-refractivity contribution < 1.29 is 9.84 Å². The molecule has 2 aromatic rings. The number of benzene rings is 1. The van der Waals surface area contributed by atoms with Crippen molar-refractivity contribution in [3.63, 3.8) is 0 Å². The topological polar surface area (TPSA) is 59.3 Å². The van der Waals surface area contributed by atoms with Gasteiger partial charge in [-0.1, -0.05) is 19.1 Å². The van der Waals surface area contributed by atoms with Gasteiger partial charge < -0.3 is 19.7 Å². The number of nitrogens with zero attached hydrogens (tertiary/aromatic N) is 2. The first-order valence-electron chi connectivity index (χ1n) is 7.08. The number of aliphatic hydroxyl groups excluding tert-OH is 1. The van der Waals surface area contributed by atoms with Gasteiger partial charge in [0.15, 0.2) is 0 Å². The number of fused-ring (bicyclic) bond motifs is 1. The van der Waals surface area contributed by atoms with E-state index < -0.39 is 6.10 Å². The smallest absolute Gasteiger partial charge is 0.109 e. The number of aryl methyl sites for hydroxylation is 1. The van der Waals surface area contributed by atoms with Crippen LogP contribution < -0.4 is 5.32 Å². The fourth-order valence-electron chi connectivity index (χ4n) is 2.32. The van der Waals surface area contributed by atoms with Gasteiger partial charge in [-0.2, -0.15) is 0 Å². The van der Waals surface area contributed by atoms with Crippen LogP contribution in [0, 0.1) is 0 Å². The summed E-state index contributed by atoms with van der Waals surface area (Å²) in [5.41, 5.74) is 2.07. The maximum atomic E-state index is 10.1. The summed E-state index contributed by atoms with van der Waals surface area (Å²) in [6.45, 7) is 4.60. The molecule has 0 amide bonds. The molecule has 0 aliphatic heterocycles. The average molecular weight is 277 g/mol. The van der Waals surface area contributed by atoms with E-state index in [-0.39, 0.29) is 0 Å². The SMILES string of the molecule is CCc1nc2ccccc2n1CC(O)CNCCOC. The molecule has 0 aliphatic carbocycles. The zero-order valence-corrected chi connectivity index (χ0v) is 12.2. The lowest BCUT2D eigenvalue weighted by atomic mass is 10.3. The molecule has 1 heterocycles. The van der Waals surface area contributed by atoms with Crippen LogP contribution in [0.2, 0.25) is 0 Å². The predicted molar refractivity (Wildman–Crippen MR) is 79.9 cm³/mol. The Kier molecular flexibility index (Phi) is 5.52. The standard InChI is InChI=1S/C15H23N3O2/c1-3-15-17-13-6-4-5-7-14(13)18(15)11-12(19)10-16-8-9-20-2/h4-7,12,16,19H,3,8-11H2,1-2H3. The lowest BCUT2D eigenvalue weighted by molar-refractivity contribution is 0.144. The van der Waals surface area contributed by atoms with E-state index in [0.717, 1.165) is 29.8 Å². The zero-order valence-electron chi connectivity index (χ0n) is 12.2. The van der Waals surface area contributed by atoms with E-state index >= 15 is 0 Å². The molecule has 5 heteroatoms. The van der Waals surface area contributed by atoms with E-state index in [0.29, 0.717) is 19.7 Å². The normalized spacial score (nSPS) is 12.9. The van der Waals surface area contributed by atoms with E-state index in [1.54, 1.807) is 7.11 Å². The highest BCUT2D eigenvalue weighted by Gasteiger charge is 2.12. The Hall–Kier alpha value is -1.43. The second kappa shape index (κ2) is 7.38. The molecule has 0 bridgehead atoms. The van der Waals surface area contributed by atoms with E-state index in [2.05, 4.69) is 21.8 Å². The first kappa shape index (κ1) is 15.0. The van der Waals surface area contributed by atoms with Crippen molar-refractivity contribution >= 4 is 11.0 Å². The number of aliphatic hydroxyl groups is 1. The number of ether oxygens (including phenoxy) is 1. The summed E-state index contributed by atoms with van der Waals surface area (Å²) in [6.07, 6.45) is 0.424. The lowest BCUT2D eigenvalue weighted by Gasteiger charge is -2.15. The monoisotopic (exact) mass is 277 g/mol. The van der Waals surface area contributed by atoms with Crippen LogP contribution in [0.5, 0.6) is 0 Å². The van der Waals surface area contributed by atoms with Crippen LogP contribution in [0.1, 0.15) is 12.7 Å². The maximum Gasteiger partial charge on any atom is 0.109 e. The molecule has 0 fully saturated rings. The van der Waals surface area contributed by atoms with Crippen molar-refractivity contribution in [1.29, 1.82) is 0 Å². The Morgan fingerprint density at radius 3 is 2.95 bits per heavy atom. The number of aromatic nitrogens is 2. The van der Waals surface area contributed by atoms with Gasteiger partial charge in [-0.25, -0.2) is 4.98 Å². The second-order valence-electron chi connectivity index (χ2n) is 4.83. The summed E-state index contributed by atoms with van der Waals surface area (Å²) in [4.78, 5) is 4.61. The van der Waals surface area contributed by atoms with Crippen molar-refractivity contribution in [2.45, 2.75) is 26.0 Å². The van der Waals surface area contributed by atoms with Gasteiger partial charge >= 0.3 is 0 Å². The summed E-state index contributed by atoms with van der Waals surface area (Å²) in [7, 11) is 1.67. The van der Waals surface area contributed by atoms with Gasteiger partial charge in [0.05, 0.1) is 30.3 Å². The first-order valence-corrected chi connectivity index (χ1v) is 7.08. The molecule has 1 unspecified atom stereocenters. The van der Waals surface area contributed by atoms with Crippen LogP contribution in [0.3, 0.4) is 0 Å². The average Bonchev–Trinajstić information content (AvgIpc) is 2.82. The Balaban J connectivity index is 2.04. The van der Waals surface area contributed by atoms with Crippen molar-refractivity contribution in [3.05, 3.63) is 30.1 Å². The Morgan fingerprint density at radius 2 is 2.20 bits per heavy atom. The molecule has 1 aromatic heterocycles. The van der Waals surface area contributed by atoms with Crippen LogP contribution in [-0.2, 0) is 17.7 Å². The summed E-state index contributed by atoms with van der Waals surface area (Å²) >= 11 is 0. The summed E-state index contributed by atoms with van der Waals surface area (Å²) in [5.74, 6) is 1.02. The minimum absolute atomic E-state index is 0.435. The van der Waals surface area contributed by atoms with Gasteiger partial charge in [0.2, 0.25) is 0 Å². The third-order valence-electron chi connectivity index (χ3n) is 3.31. The number of hydrogen-bond acceptors (Lipinski definition) is 4. The molecule has 0 saturated carbocycles. The second-order valence-corrected chi connectivity index (χ2v) is 4.83. The molecule has 110 valence electrons. The van der Waals surface area contributed by atoms with Gasteiger partial charge in [-0.3, -0.25) is 0 Å². The molecule has 0 saturated heterocycles. The highest BCUT2D eigenvalue weighted by atomic mass is 16.5.